The SMILES string of the molecule is CCCCCNC(=NCCCn1cnc2ccccc21)NCC.I. The third-order valence-corrected chi connectivity index (χ3v) is 3.77. The predicted molar refractivity (Wildman–Crippen MR) is 113 cm³/mol. The number of aliphatic imine (C=N–C) groups is 1. The summed E-state index contributed by atoms with van der Waals surface area (Å²) in [6.45, 7) is 7.96. The molecule has 0 aliphatic carbocycles. The quantitative estimate of drug-likeness (QED) is 0.268. The molecule has 0 spiro atoms. The van der Waals surface area contributed by atoms with E-state index in [1.54, 1.807) is 0 Å². The van der Waals surface area contributed by atoms with Crippen molar-refractivity contribution >= 4 is 41.0 Å². The van der Waals surface area contributed by atoms with Gasteiger partial charge in [-0.3, -0.25) is 4.99 Å². The number of hydrogen-bond acceptors (Lipinski definition) is 2. The van der Waals surface area contributed by atoms with Crippen LogP contribution in [0.5, 0.6) is 0 Å². The van der Waals surface area contributed by atoms with E-state index in [0.717, 1.165) is 44.1 Å². The smallest absolute Gasteiger partial charge is 0.191 e. The molecule has 1 aromatic carbocycles. The van der Waals surface area contributed by atoms with Crippen molar-refractivity contribution < 1.29 is 0 Å². The average Bonchev–Trinajstić information content (AvgIpc) is 2.98. The second kappa shape index (κ2) is 12.1. The van der Waals surface area contributed by atoms with Crippen LogP contribution in [0.2, 0.25) is 0 Å². The van der Waals surface area contributed by atoms with E-state index in [0.29, 0.717) is 0 Å². The normalized spacial score (nSPS) is 11.3. The maximum absolute atomic E-state index is 4.65. The first-order valence-corrected chi connectivity index (χ1v) is 8.77. The Morgan fingerprint density at radius 3 is 2.75 bits per heavy atom. The second-order valence-corrected chi connectivity index (χ2v) is 5.67. The molecule has 0 fully saturated rings. The molecule has 5 nitrogen and oxygen atoms in total. The maximum atomic E-state index is 4.65. The minimum absolute atomic E-state index is 0. The molecule has 2 aromatic rings. The number of aryl methyl sites for hydroxylation is 1. The van der Waals surface area contributed by atoms with Gasteiger partial charge in [0.25, 0.3) is 0 Å². The number of benzene rings is 1. The Morgan fingerprint density at radius 1 is 1.12 bits per heavy atom. The fourth-order valence-corrected chi connectivity index (χ4v) is 2.54. The number of aromatic nitrogens is 2. The largest absolute Gasteiger partial charge is 0.357 e. The van der Waals surface area contributed by atoms with Crippen LogP contribution in [0.4, 0.5) is 0 Å². The Kier molecular flexibility index (Phi) is 10.5. The van der Waals surface area contributed by atoms with E-state index in [1.165, 1.54) is 24.8 Å². The zero-order valence-corrected chi connectivity index (χ0v) is 17.1. The summed E-state index contributed by atoms with van der Waals surface area (Å²) in [6.07, 6.45) is 6.63. The van der Waals surface area contributed by atoms with E-state index < -0.39 is 0 Å². The molecule has 0 amide bonds. The first-order valence-electron chi connectivity index (χ1n) is 8.77. The summed E-state index contributed by atoms with van der Waals surface area (Å²) >= 11 is 0. The van der Waals surface area contributed by atoms with Crippen LogP contribution in [0, 0.1) is 0 Å². The number of hydrogen-bond donors (Lipinski definition) is 2. The molecule has 0 radical (unpaired) electrons. The zero-order chi connectivity index (χ0) is 16.3. The highest BCUT2D eigenvalue weighted by Gasteiger charge is 2.01. The van der Waals surface area contributed by atoms with Gasteiger partial charge in [-0.25, -0.2) is 4.98 Å². The van der Waals surface area contributed by atoms with Crippen LogP contribution in [0.25, 0.3) is 11.0 Å². The van der Waals surface area contributed by atoms with Gasteiger partial charge in [0.05, 0.1) is 17.4 Å². The lowest BCUT2D eigenvalue weighted by Gasteiger charge is -2.11. The number of guanidine groups is 1. The number of imidazole rings is 1. The molecule has 0 unspecified atom stereocenters. The molecule has 0 aliphatic heterocycles. The van der Waals surface area contributed by atoms with E-state index in [4.69, 9.17) is 0 Å². The molecule has 2 N–H and O–H groups in total. The number of nitrogens with zero attached hydrogens (tertiary/aromatic N) is 3. The van der Waals surface area contributed by atoms with E-state index in [9.17, 15) is 0 Å². The van der Waals surface area contributed by atoms with Crippen LogP contribution in [0.15, 0.2) is 35.6 Å². The van der Waals surface area contributed by atoms with Crippen LogP contribution in [0.1, 0.15) is 39.5 Å². The van der Waals surface area contributed by atoms with E-state index in [-0.39, 0.29) is 24.0 Å². The predicted octanol–water partition coefficient (Wildman–Crippen LogP) is 3.79. The summed E-state index contributed by atoms with van der Waals surface area (Å²) in [7, 11) is 0. The Labute approximate surface area is 162 Å². The molecular weight excluding hydrogens is 413 g/mol. The van der Waals surface area contributed by atoms with E-state index in [1.807, 2.05) is 18.5 Å². The van der Waals surface area contributed by atoms with Gasteiger partial charge < -0.3 is 15.2 Å². The van der Waals surface area contributed by atoms with Crippen LogP contribution >= 0.6 is 24.0 Å². The first kappa shape index (κ1) is 20.7. The minimum Gasteiger partial charge on any atom is -0.357 e. The van der Waals surface area contributed by atoms with Crippen molar-refractivity contribution in [2.45, 2.75) is 46.1 Å². The summed E-state index contributed by atoms with van der Waals surface area (Å²) in [5.41, 5.74) is 2.25. The molecule has 0 bridgehead atoms. The standard InChI is InChI=1S/C18H29N5.HI/c1-3-5-8-12-20-18(19-4-2)21-13-9-14-23-15-22-16-10-6-7-11-17(16)23;/h6-7,10-11,15H,3-5,8-9,12-14H2,1-2H3,(H2,19,20,21);1H. The van der Waals surface area contributed by atoms with Crippen LogP contribution in [-0.4, -0.2) is 35.1 Å². The topological polar surface area (TPSA) is 54.2 Å². The molecule has 0 saturated heterocycles. The minimum atomic E-state index is 0. The maximum Gasteiger partial charge on any atom is 0.191 e. The van der Waals surface area contributed by atoms with Gasteiger partial charge in [0.2, 0.25) is 0 Å². The van der Waals surface area contributed by atoms with Gasteiger partial charge in [-0.2, -0.15) is 0 Å². The van der Waals surface area contributed by atoms with Gasteiger partial charge in [0, 0.05) is 26.2 Å². The molecule has 0 saturated carbocycles. The highest BCUT2D eigenvalue weighted by molar-refractivity contribution is 14.0. The molecule has 0 aliphatic rings. The number of unbranched alkanes of at least 4 members (excludes halogenated alkanes) is 2. The van der Waals surface area contributed by atoms with Crippen molar-refractivity contribution in [2.24, 2.45) is 4.99 Å². The van der Waals surface area contributed by atoms with Gasteiger partial charge in [0.15, 0.2) is 5.96 Å². The lowest BCUT2D eigenvalue weighted by molar-refractivity contribution is 0.656. The van der Waals surface area contributed by atoms with E-state index >= 15 is 0 Å². The van der Waals surface area contributed by atoms with Gasteiger partial charge in [-0.15, -0.1) is 24.0 Å². The summed E-state index contributed by atoms with van der Waals surface area (Å²) in [5, 5.41) is 6.70. The van der Waals surface area contributed by atoms with Gasteiger partial charge >= 0.3 is 0 Å². The van der Waals surface area contributed by atoms with Crippen LogP contribution in [0.3, 0.4) is 0 Å². The van der Waals surface area contributed by atoms with E-state index in [2.05, 4.69) is 51.2 Å². The molecule has 134 valence electrons. The Morgan fingerprint density at radius 2 is 1.96 bits per heavy atom. The van der Waals surface area contributed by atoms with Crippen molar-refractivity contribution in [3.05, 3.63) is 30.6 Å². The fourth-order valence-electron chi connectivity index (χ4n) is 2.54. The lowest BCUT2D eigenvalue weighted by atomic mass is 10.2. The van der Waals surface area contributed by atoms with Crippen molar-refractivity contribution in [3.63, 3.8) is 0 Å². The van der Waals surface area contributed by atoms with Crippen molar-refractivity contribution in [1.29, 1.82) is 0 Å². The number of fused-ring (bicyclic) bond motifs is 1. The number of nitrogens with one attached hydrogen (secondary N) is 2. The third kappa shape index (κ3) is 6.67. The molecule has 1 heterocycles. The van der Waals surface area contributed by atoms with Gasteiger partial charge in [-0.1, -0.05) is 31.9 Å². The van der Waals surface area contributed by atoms with Crippen LogP contribution in [-0.2, 0) is 6.54 Å². The van der Waals surface area contributed by atoms with Gasteiger partial charge in [0.1, 0.15) is 0 Å². The summed E-state index contributed by atoms with van der Waals surface area (Å²) in [4.78, 5) is 9.07. The zero-order valence-electron chi connectivity index (χ0n) is 14.8. The Hall–Kier alpha value is -1.31. The average molecular weight is 443 g/mol. The van der Waals surface area contributed by atoms with Crippen molar-refractivity contribution in [2.75, 3.05) is 19.6 Å². The highest BCUT2D eigenvalue weighted by Crippen LogP contribution is 2.11. The van der Waals surface area contributed by atoms with Crippen molar-refractivity contribution in [1.82, 2.24) is 20.2 Å². The molecular formula is C18H30IN5. The third-order valence-electron chi connectivity index (χ3n) is 3.77. The number of para-hydroxylation sites is 2. The highest BCUT2D eigenvalue weighted by atomic mass is 127. The monoisotopic (exact) mass is 443 g/mol. The lowest BCUT2D eigenvalue weighted by Crippen LogP contribution is -2.37. The first-order chi connectivity index (χ1) is 11.3. The summed E-state index contributed by atoms with van der Waals surface area (Å²) in [5.74, 6) is 0.930. The molecule has 2 rings (SSSR count). The van der Waals surface area contributed by atoms with Crippen LogP contribution < -0.4 is 10.6 Å². The van der Waals surface area contributed by atoms with Crippen molar-refractivity contribution in [3.8, 4) is 0 Å². The molecule has 6 heteroatoms. The summed E-state index contributed by atoms with van der Waals surface area (Å²) in [6, 6.07) is 8.25. The summed E-state index contributed by atoms with van der Waals surface area (Å²) < 4.78 is 2.20. The molecule has 1 aromatic heterocycles. The Bertz CT molecular complexity index is 608. The fraction of sp³-hybridized carbons (Fsp3) is 0.556. The second-order valence-electron chi connectivity index (χ2n) is 5.67. The van der Waals surface area contributed by atoms with Gasteiger partial charge in [-0.05, 0) is 31.9 Å². The molecule has 0 atom stereocenters. The number of halogens is 1. The molecule has 24 heavy (non-hydrogen) atoms. The Balaban J connectivity index is 0.00000288. The number of rotatable bonds is 9.